The molecular formula is C22H22FN3O2. The van der Waals surface area contributed by atoms with E-state index < -0.39 is 11.6 Å². The Morgan fingerprint density at radius 1 is 1.14 bits per heavy atom. The molecule has 0 atom stereocenters. The third-order valence-corrected chi connectivity index (χ3v) is 4.66. The molecule has 1 aromatic heterocycles. The van der Waals surface area contributed by atoms with Crippen molar-refractivity contribution in [2.75, 3.05) is 0 Å². The molecule has 5 nitrogen and oxygen atoms in total. The molecule has 0 unspecified atom stereocenters. The summed E-state index contributed by atoms with van der Waals surface area (Å²) in [6.45, 7) is 5.73. The summed E-state index contributed by atoms with van der Waals surface area (Å²) >= 11 is 0. The molecular weight excluding hydrogens is 357 g/mol. The van der Waals surface area contributed by atoms with E-state index in [1.807, 2.05) is 26.8 Å². The summed E-state index contributed by atoms with van der Waals surface area (Å²) in [5.41, 5.74) is 3.66. The number of halogens is 1. The van der Waals surface area contributed by atoms with Crippen molar-refractivity contribution in [1.82, 2.24) is 9.99 Å². The molecule has 28 heavy (non-hydrogen) atoms. The van der Waals surface area contributed by atoms with Gasteiger partial charge in [-0.1, -0.05) is 13.0 Å². The van der Waals surface area contributed by atoms with E-state index in [0.717, 1.165) is 5.57 Å². The van der Waals surface area contributed by atoms with Crippen molar-refractivity contribution < 1.29 is 14.6 Å². The molecule has 0 fully saturated rings. The van der Waals surface area contributed by atoms with Crippen LogP contribution in [0.1, 0.15) is 38.4 Å². The first-order valence-corrected chi connectivity index (χ1v) is 8.99. The molecule has 144 valence electrons. The van der Waals surface area contributed by atoms with Crippen molar-refractivity contribution >= 4 is 17.5 Å². The van der Waals surface area contributed by atoms with Gasteiger partial charge in [-0.15, -0.1) is 0 Å². The lowest BCUT2D eigenvalue weighted by Gasteiger charge is -2.29. The highest BCUT2D eigenvalue weighted by Gasteiger charge is 2.24. The summed E-state index contributed by atoms with van der Waals surface area (Å²) < 4.78 is 14.0. The van der Waals surface area contributed by atoms with Crippen molar-refractivity contribution in [2.45, 2.75) is 27.2 Å². The number of allylic oxidation sites excluding steroid dienone is 4. The van der Waals surface area contributed by atoms with Gasteiger partial charge in [0.15, 0.2) is 11.6 Å². The Kier molecular flexibility index (Phi) is 5.59. The molecule has 0 saturated heterocycles. The van der Waals surface area contributed by atoms with Crippen molar-refractivity contribution in [3.05, 3.63) is 77.0 Å². The minimum absolute atomic E-state index is 0.0572. The molecule has 0 amide bonds. The average molecular weight is 379 g/mol. The van der Waals surface area contributed by atoms with Crippen LogP contribution in [-0.4, -0.2) is 26.4 Å². The monoisotopic (exact) mass is 379 g/mol. The second kappa shape index (κ2) is 8.08. The van der Waals surface area contributed by atoms with E-state index in [1.54, 1.807) is 47.8 Å². The number of rotatable bonds is 4. The number of aromatic nitrogens is 1. The lowest BCUT2D eigenvalue weighted by molar-refractivity contribution is 0.426. The second-order valence-corrected chi connectivity index (χ2v) is 6.44. The van der Waals surface area contributed by atoms with E-state index in [9.17, 15) is 14.6 Å². The topological polar surface area (TPSA) is 69.0 Å². The summed E-state index contributed by atoms with van der Waals surface area (Å²) in [5.74, 6) is -1.06. The maximum absolute atomic E-state index is 14.0. The highest BCUT2D eigenvalue weighted by Crippen LogP contribution is 2.38. The van der Waals surface area contributed by atoms with Gasteiger partial charge in [-0.05, 0) is 62.3 Å². The maximum atomic E-state index is 14.0. The molecule has 1 aliphatic rings. The molecule has 0 spiro atoms. The first-order valence-electron chi connectivity index (χ1n) is 8.99. The van der Waals surface area contributed by atoms with Crippen molar-refractivity contribution in [3.8, 4) is 11.5 Å². The van der Waals surface area contributed by atoms with E-state index in [1.165, 1.54) is 6.07 Å². The predicted octanol–water partition coefficient (Wildman–Crippen LogP) is 5.06. The molecule has 2 heterocycles. The Bertz CT molecular complexity index is 1020. The van der Waals surface area contributed by atoms with Crippen LogP contribution in [0.2, 0.25) is 0 Å². The van der Waals surface area contributed by atoms with Gasteiger partial charge >= 0.3 is 0 Å². The Morgan fingerprint density at radius 2 is 1.93 bits per heavy atom. The van der Waals surface area contributed by atoms with Crippen LogP contribution in [-0.2, 0) is 0 Å². The minimum atomic E-state index is -0.694. The second-order valence-electron chi connectivity index (χ2n) is 6.44. The largest absolute Gasteiger partial charge is 0.506 e. The van der Waals surface area contributed by atoms with Crippen LogP contribution >= 0.6 is 0 Å². The van der Waals surface area contributed by atoms with Crippen LogP contribution in [0, 0.1) is 5.82 Å². The summed E-state index contributed by atoms with van der Waals surface area (Å²) in [5, 5.41) is 26.7. The van der Waals surface area contributed by atoms with E-state index >= 15 is 0 Å². The zero-order valence-corrected chi connectivity index (χ0v) is 16.0. The average Bonchev–Trinajstić information content (AvgIpc) is 2.71. The van der Waals surface area contributed by atoms with Gasteiger partial charge in [0.25, 0.3) is 0 Å². The van der Waals surface area contributed by atoms with Gasteiger partial charge in [-0.2, -0.15) is 5.10 Å². The number of hydrogen-bond acceptors (Lipinski definition) is 5. The van der Waals surface area contributed by atoms with Crippen molar-refractivity contribution in [3.63, 3.8) is 0 Å². The smallest absolute Gasteiger partial charge is 0.165 e. The highest BCUT2D eigenvalue weighted by atomic mass is 19.1. The standard InChI is InChI=1S/C22H22FN3O2/c1-4-14(2)21(16-8-5-9-17(23)22(16)28)26-18(10-6-13-25-26)15(3)20-19(27)11-7-12-24-20/h5-13,27-28H,4H2,1-3H3/b18-15+,21-14+. The fourth-order valence-corrected chi connectivity index (χ4v) is 3.04. The third-order valence-electron chi connectivity index (χ3n) is 4.66. The van der Waals surface area contributed by atoms with Gasteiger partial charge in [0.1, 0.15) is 11.4 Å². The number of hydrogen-bond donors (Lipinski definition) is 2. The molecule has 0 bridgehead atoms. The normalized spacial score (nSPS) is 16.2. The Morgan fingerprint density at radius 3 is 2.64 bits per heavy atom. The van der Waals surface area contributed by atoms with Crippen LogP contribution in [0.5, 0.6) is 11.5 Å². The molecule has 0 radical (unpaired) electrons. The third kappa shape index (κ3) is 3.53. The van der Waals surface area contributed by atoms with Crippen molar-refractivity contribution in [2.24, 2.45) is 5.10 Å². The lowest BCUT2D eigenvalue weighted by Crippen LogP contribution is -2.19. The van der Waals surface area contributed by atoms with E-state index in [0.29, 0.717) is 34.6 Å². The van der Waals surface area contributed by atoms with Crippen LogP contribution in [0.25, 0.3) is 11.3 Å². The Labute approximate surface area is 163 Å². The zero-order chi connectivity index (χ0) is 20.3. The summed E-state index contributed by atoms with van der Waals surface area (Å²) in [7, 11) is 0. The Hall–Kier alpha value is -3.41. The first-order chi connectivity index (χ1) is 13.5. The summed E-state index contributed by atoms with van der Waals surface area (Å²) in [4.78, 5) is 4.27. The number of phenolic OH excluding ortho intramolecular Hbond substituents is 1. The Balaban J connectivity index is 2.24. The molecule has 6 heteroatoms. The molecule has 2 N–H and O–H groups in total. The molecule has 1 aliphatic heterocycles. The number of phenols is 1. The number of benzene rings is 1. The summed E-state index contributed by atoms with van der Waals surface area (Å²) in [6, 6.07) is 7.65. The first kappa shape index (κ1) is 19.4. The summed E-state index contributed by atoms with van der Waals surface area (Å²) in [6.07, 6.45) is 7.53. The molecule has 0 aliphatic carbocycles. The van der Waals surface area contributed by atoms with Crippen LogP contribution in [0.3, 0.4) is 0 Å². The quantitative estimate of drug-likeness (QED) is 0.779. The van der Waals surface area contributed by atoms with Gasteiger partial charge in [0.2, 0.25) is 0 Å². The number of aromatic hydroxyl groups is 2. The lowest BCUT2D eigenvalue weighted by atomic mass is 10.0. The molecule has 3 rings (SSSR count). The number of hydrazone groups is 1. The van der Waals surface area contributed by atoms with Gasteiger partial charge in [-0.3, -0.25) is 4.98 Å². The van der Waals surface area contributed by atoms with E-state index in [4.69, 9.17) is 0 Å². The molecule has 1 aromatic carbocycles. The van der Waals surface area contributed by atoms with Gasteiger partial charge < -0.3 is 10.2 Å². The SMILES string of the molecule is CC/C(C)=C(\c1cccc(F)c1O)N1N=CC=C/C1=C(/C)c1ncccc1O. The number of para-hydroxylation sites is 1. The fourth-order valence-electron chi connectivity index (χ4n) is 3.04. The van der Waals surface area contributed by atoms with Crippen molar-refractivity contribution in [1.29, 1.82) is 0 Å². The fraction of sp³-hybridized carbons (Fsp3) is 0.182. The number of nitrogens with zero attached hydrogens (tertiary/aromatic N) is 3. The van der Waals surface area contributed by atoms with Gasteiger partial charge in [0, 0.05) is 23.5 Å². The predicted molar refractivity (Wildman–Crippen MR) is 109 cm³/mol. The van der Waals surface area contributed by atoms with Gasteiger partial charge in [-0.25, -0.2) is 9.40 Å². The molecule has 0 saturated carbocycles. The van der Waals surface area contributed by atoms with Crippen LogP contribution < -0.4 is 0 Å². The molecule has 2 aromatic rings. The highest BCUT2D eigenvalue weighted by molar-refractivity contribution is 5.83. The minimum Gasteiger partial charge on any atom is -0.506 e. The zero-order valence-electron chi connectivity index (χ0n) is 16.0. The van der Waals surface area contributed by atoms with Crippen LogP contribution in [0.4, 0.5) is 4.39 Å². The van der Waals surface area contributed by atoms with E-state index in [-0.39, 0.29) is 5.75 Å². The maximum Gasteiger partial charge on any atom is 0.165 e. The van der Waals surface area contributed by atoms with E-state index in [2.05, 4.69) is 10.1 Å². The van der Waals surface area contributed by atoms with Crippen LogP contribution in [0.15, 0.2) is 65.1 Å². The number of pyridine rings is 1. The van der Waals surface area contributed by atoms with Gasteiger partial charge in [0.05, 0.1) is 11.4 Å².